The van der Waals surface area contributed by atoms with E-state index in [1.165, 1.54) is 0 Å². The molecule has 1 heterocycles. The van der Waals surface area contributed by atoms with Gasteiger partial charge in [-0.25, -0.2) is 0 Å². The van der Waals surface area contributed by atoms with Crippen molar-refractivity contribution in [1.82, 2.24) is 0 Å². The van der Waals surface area contributed by atoms with Crippen LogP contribution in [0, 0.1) is 0 Å². The summed E-state index contributed by atoms with van der Waals surface area (Å²) in [5, 5.41) is 1.10. The van der Waals surface area contributed by atoms with Crippen molar-refractivity contribution in [2.24, 2.45) is 0 Å². The van der Waals surface area contributed by atoms with E-state index >= 15 is 0 Å². The summed E-state index contributed by atoms with van der Waals surface area (Å²) < 4.78 is 21.0. The van der Waals surface area contributed by atoms with Gasteiger partial charge in [0.25, 0.3) is 0 Å². The Bertz CT molecular complexity index is 397. The van der Waals surface area contributed by atoms with Gasteiger partial charge in [-0.2, -0.15) is 0 Å². The van der Waals surface area contributed by atoms with Gasteiger partial charge in [0.15, 0.2) is 0 Å². The topological polar surface area (TPSA) is 35.5 Å². The van der Waals surface area contributed by atoms with Gasteiger partial charge in [0, 0.05) is 26.6 Å². The Morgan fingerprint density at radius 3 is 2.87 bits per heavy atom. The van der Waals surface area contributed by atoms with Gasteiger partial charge >= 0.3 is 8.25 Å². The SMILES string of the molecule is O=[P+]1OCC[C@@H](c2ccc(Cl)cc2Cl)O1. The summed E-state index contributed by atoms with van der Waals surface area (Å²) in [4.78, 5) is 0. The summed E-state index contributed by atoms with van der Waals surface area (Å²) in [6, 6.07) is 5.16. The molecular weight excluding hydrogens is 258 g/mol. The minimum Gasteiger partial charge on any atom is -0.119 e. The predicted octanol–water partition coefficient (Wildman–Crippen LogP) is 4.13. The van der Waals surface area contributed by atoms with Gasteiger partial charge in [-0.1, -0.05) is 29.3 Å². The van der Waals surface area contributed by atoms with Crippen molar-refractivity contribution < 1.29 is 13.6 Å². The molecule has 0 aliphatic carbocycles. The fraction of sp³-hybridized carbons (Fsp3) is 0.333. The van der Waals surface area contributed by atoms with E-state index in [4.69, 9.17) is 32.2 Å². The van der Waals surface area contributed by atoms with Crippen molar-refractivity contribution in [1.29, 1.82) is 0 Å². The second kappa shape index (κ2) is 4.77. The highest BCUT2D eigenvalue weighted by atomic mass is 35.5. The highest BCUT2D eigenvalue weighted by Crippen LogP contribution is 2.42. The average molecular weight is 266 g/mol. The Labute approximate surface area is 98.2 Å². The first-order chi connectivity index (χ1) is 7.16. The molecular formula is C9H8Cl2O3P+. The first-order valence-corrected chi connectivity index (χ1v) is 6.24. The quantitative estimate of drug-likeness (QED) is 0.717. The van der Waals surface area contributed by atoms with Crippen LogP contribution in [-0.4, -0.2) is 6.61 Å². The third kappa shape index (κ3) is 2.68. The summed E-state index contributed by atoms with van der Waals surface area (Å²) in [5.41, 5.74) is 0.799. The second-order valence-electron chi connectivity index (χ2n) is 3.11. The lowest BCUT2D eigenvalue weighted by Gasteiger charge is -2.14. The van der Waals surface area contributed by atoms with E-state index in [2.05, 4.69) is 0 Å². The summed E-state index contributed by atoms with van der Waals surface area (Å²) in [6.07, 6.45) is 0.370. The van der Waals surface area contributed by atoms with Crippen LogP contribution in [-0.2, 0) is 13.6 Å². The normalized spacial score (nSPS) is 24.1. The summed E-state index contributed by atoms with van der Waals surface area (Å²) in [5.74, 6) is 0. The third-order valence-corrected chi connectivity index (χ3v) is 3.48. The number of hydrogen-bond acceptors (Lipinski definition) is 3. The molecule has 0 N–H and O–H groups in total. The van der Waals surface area contributed by atoms with E-state index < -0.39 is 8.25 Å². The lowest BCUT2D eigenvalue weighted by atomic mass is 10.1. The molecule has 3 nitrogen and oxygen atoms in total. The van der Waals surface area contributed by atoms with Crippen molar-refractivity contribution >= 4 is 31.5 Å². The van der Waals surface area contributed by atoms with Gasteiger partial charge in [-0.05, 0) is 12.1 Å². The summed E-state index contributed by atoms with van der Waals surface area (Å²) in [6.45, 7) is 0.416. The highest BCUT2D eigenvalue weighted by molar-refractivity contribution is 7.33. The van der Waals surface area contributed by atoms with E-state index in [0.717, 1.165) is 5.56 Å². The molecule has 0 spiro atoms. The maximum atomic E-state index is 11.1. The highest BCUT2D eigenvalue weighted by Gasteiger charge is 2.35. The molecule has 1 unspecified atom stereocenters. The summed E-state index contributed by atoms with van der Waals surface area (Å²) in [7, 11) is -2.02. The van der Waals surface area contributed by atoms with Gasteiger partial charge in [0.05, 0.1) is 0 Å². The number of halogens is 2. The molecule has 1 aliphatic heterocycles. The van der Waals surface area contributed by atoms with E-state index in [1.54, 1.807) is 18.2 Å². The molecule has 0 saturated carbocycles. The van der Waals surface area contributed by atoms with Gasteiger partial charge in [-0.3, -0.25) is 0 Å². The number of hydrogen-bond donors (Lipinski definition) is 0. The van der Waals surface area contributed by atoms with Crippen molar-refractivity contribution in [2.75, 3.05) is 6.61 Å². The average Bonchev–Trinajstić information content (AvgIpc) is 2.17. The Balaban J connectivity index is 2.24. The van der Waals surface area contributed by atoms with E-state index in [1.807, 2.05) is 0 Å². The number of benzene rings is 1. The molecule has 2 rings (SSSR count). The van der Waals surface area contributed by atoms with Crippen LogP contribution in [0.3, 0.4) is 0 Å². The first kappa shape index (κ1) is 11.3. The van der Waals surface area contributed by atoms with Crippen molar-refractivity contribution in [2.45, 2.75) is 12.5 Å². The monoisotopic (exact) mass is 265 g/mol. The van der Waals surface area contributed by atoms with Gasteiger partial charge < -0.3 is 0 Å². The minimum absolute atomic E-state index is 0.271. The smallest absolute Gasteiger partial charge is 0.119 e. The van der Waals surface area contributed by atoms with E-state index in [9.17, 15) is 4.57 Å². The number of rotatable bonds is 1. The molecule has 15 heavy (non-hydrogen) atoms. The van der Waals surface area contributed by atoms with Crippen molar-refractivity contribution in [3.8, 4) is 0 Å². The molecule has 1 aromatic carbocycles. The fourth-order valence-electron chi connectivity index (χ4n) is 1.40. The zero-order chi connectivity index (χ0) is 10.8. The first-order valence-electron chi connectivity index (χ1n) is 4.39. The second-order valence-corrected chi connectivity index (χ2v) is 4.87. The molecule has 1 aromatic rings. The lowest BCUT2D eigenvalue weighted by molar-refractivity contribution is 0.0969. The fourth-order valence-corrected chi connectivity index (χ4v) is 2.67. The maximum absolute atomic E-state index is 11.1. The molecule has 0 amide bonds. The molecule has 2 atom stereocenters. The van der Waals surface area contributed by atoms with Crippen LogP contribution in [0.25, 0.3) is 0 Å². The lowest BCUT2D eigenvalue weighted by Crippen LogP contribution is -2.09. The Kier molecular flexibility index (Phi) is 3.60. The van der Waals surface area contributed by atoms with Crippen LogP contribution in [0.2, 0.25) is 10.0 Å². The van der Waals surface area contributed by atoms with Gasteiger partial charge in [0.1, 0.15) is 12.7 Å². The zero-order valence-corrected chi connectivity index (χ0v) is 10.1. The van der Waals surface area contributed by atoms with Crippen LogP contribution in [0.5, 0.6) is 0 Å². The minimum atomic E-state index is -2.02. The third-order valence-electron chi connectivity index (χ3n) is 2.10. The van der Waals surface area contributed by atoms with Crippen LogP contribution >= 0.6 is 31.5 Å². The van der Waals surface area contributed by atoms with Crippen LogP contribution in [0.15, 0.2) is 18.2 Å². The molecule has 1 aliphatic rings. The van der Waals surface area contributed by atoms with Gasteiger partial charge in [-0.15, -0.1) is 9.05 Å². The van der Waals surface area contributed by atoms with Gasteiger partial charge in [0.2, 0.25) is 0 Å². The molecule has 0 aromatic heterocycles. The van der Waals surface area contributed by atoms with Crippen LogP contribution in [0.4, 0.5) is 0 Å². The molecule has 1 fully saturated rings. The van der Waals surface area contributed by atoms with E-state index in [-0.39, 0.29) is 6.10 Å². The van der Waals surface area contributed by atoms with Crippen molar-refractivity contribution in [3.05, 3.63) is 33.8 Å². The molecule has 0 radical (unpaired) electrons. The van der Waals surface area contributed by atoms with E-state index in [0.29, 0.717) is 23.1 Å². The summed E-state index contributed by atoms with van der Waals surface area (Å²) >= 11 is 11.8. The predicted molar refractivity (Wildman–Crippen MR) is 58.5 cm³/mol. The maximum Gasteiger partial charge on any atom is 0.698 e. The Hall–Kier alpha value is -0.180. The van der Waals surface area contributed by atoms with Crippen molar-refractivity contribution in [3.63, 3.8) is 0 Å². The molecule has 80 valence electrons. The molecule has 6 heteroatoms. The largest absolute Gasteiger partial charge is 0.698 e. The Morgan fingerprint density at radius 2 is 2.20 bits per heavy atom. The molecule has 1 saturated heterocycles. The van der Waals surface area contributed by atoms with Crippen LogP contribution in [0.1, 0.15) is 18.1 Å². The molecule has 0 bridgehead atoms. The Morgan fingerprint density at radius 1 is 1.40 bits per heavy atom. The standard InChI is InChI=1S/C9H8Cl2O3P/c10-6-1-2-7(8(11)5-6)9-3-4-13-15(12)14-9/h1-2,5,9H,3-4H2/q+1/t9-/m0/s1. The zero-order valence-electron chi connectivity index (χ0n) is 7.65. The van der Waals surface area contributed by atoms with Crippen LogP contribution < -0.4 is 0 Å².